The fourth-order valence-corrected chi connectivity index (χ4v) is 4.59. The van der Waals surface area contributed by atoms with Gasteiger partial charge in [0, 0.05) is 13.1 Å². The van der Waals surface area contributed by atoms with Gasteiger partial charge in [-0.1, -0.05) is 85.6 Å². The van der Waals surface area contributed by atoms with E-state index < -0.39 is 10.0 Å². The third kappa shape index (κ3) is 5.09. The van der Waals surface area contributed by atoms with Gasteiger partial charge in [-0.2, -0.15) is 4.31 Å². The Balaban J connectivity index is 1.91. The fourth-order valence-electron chi connectivity index (χ4n) is 3.18. The summed E-state index contributed by atoms with van der Waals surface area (Å²) in [6, 6.07) is 25.0. The Labute approximate surface area is 168 Å². The molecule has 3 rings (SSSR count). The molecule has 146 valence electrons. The first kappa shape index (κ1) is 20.3. The fraction of sp³-hybridized carbons (Fsp3) is 0.250. The average molecular weight is 394 g/mol. The van der Waals surface area contributed by atoms with Crippen molar-refractivity contribution in [2.24, 2.45) is 0 Å². The summed E-state index contributed by atoms with van der Waals surface area (Å²) in [5.41, 5.74) is 4.29. The van der Waals surface area contributed by atoms with Gasteiger partial charge in [0.1, 0.15) is 0 Å². The molecule has 0 heterocycles. The highest BCUT2D eigenvalue weighted by Crippen LogP contribution is 2.22. The Morgan fingerprint density at radius 2 is 1.25 bits per heavy atom. The molecular weight excluding hydrogens is 366 g/mol. The molecule has 0 unspecified atom stereocenters. The second-order valence-corrected chi connectivity index (χ2v) is 9.08. The van der Waals surface area contributed by atoms with Crippen molar-refractivity contribution in [3.05, 3.63) is 101 Å². The van der Waals surface area contributed by atoms with Gasteiger partial charge < -0.3 is 0 Å². The molecule has 3 nitrogen and oxygen atoms in total. The highest BCUT2D eigenvalue weighted by Gasteiger charge is 2.25. The topological polar surface area (TPSA) is 37.4 Å². The first-order chi connectivity index (χ1) is 13.5. The molecule has 3 aromatic carbocycles. The third-order valence-corrected chi connectivity index (χ3v) is 6.59. The number of nitrogens with zero attached hydrogens (tertiary/aromatic N) is 1. The summed E-state index contributed by atoms with van der Waals surface area (Å²) >= 11 is 0. The first-order valence-electron chi connectivity index (χ1n) is 9.67. The number of hydrogen-bond acceptors (Lipinski definition) is 2. The number of aryl methyl sites for hydroxylation is 2. The molecule has 0 atom stereocenters. The van der Waals surface area contributed by atoms with E-state index in [4.69, 9.17) is 0 Å². The molecule has 0 aromatic heterocycles. The SMILES string of the molecule is CCCc1ccc(CN(Cc2ccccc2)S(=O)(=O)c2ccc(C)cc2)cc1. The normalized spacial score (nSPS) is 11.7. The smallest absolute Gasteiger partial charge is 0.207 e. The molecule has 0 bridgehead atoms. The predicted octanol–water partition coefficient (Wildman–Crippen LogP) is 5.34. The molecule has 3 aromatic rings. The van der Waals surface area contributed by atoms with Crippen LogP contribution in [-0.2, 0) is 29.5 Å². The Morgan fingerprint density at radius 3 is 1.82 bits per heavy atom. The summed E-state index contributed by atoms with van der Waals surface area (Å²) in [6.45, 7) is 4.80. The van der Waals surface area contributed by atoms with E-state index in [9.17, 15) is 8.42 Å². The Bertz CT molecular complexity index is 979. The third-order valence-electron chi connectivity index (χ3n) is 4.78. The summed E-state index contributed by atoms with van der Waals surface area (Å²) in [7, 11) is -3.60. The quantitative estimate of drug-likeness (QED) is 0.518. The summed E-state index contributed by atoms with van der Waals surface area (Å²) in [4.78, 5) is 0.330. The largest absolute Gasteiger partial charge is 0.243 e. The van der Waals surface area contributed by atoms with Gasteiger partial charge in [-0.25, -0.2) is 8.42 Å². The van der Waals surface area contributed by atoms with Crippen molar-refractivity contribution >= 4 is 10.0 Å². The lowest BCUT2D eigenvalue weighted by Crippen LogP contribution is -2.30. The Hall–Kier alpha value is -2.43. The molecule has 0 aliphatic heterocycles. The van der Waals surface area contributed by atoms with E-state index in [1.807, 2.05) is 61.5 Å². The number of hydrogen-bond donors (Lipinski definition) is 0. The molecule has 0 N–H and O–H groups in total. The van der Waals surface area contributed by atoms with Gasteiger partial charge in [-0.3, -0.25) is 0 Å². The lowest BCUT2D eigenvalue weighted by atomic mass is 10.1. The van der Waals surface area contributed by atoms with Crippen molar-refractivity contribution in [2.45, 2.75) is 44.7 Å². The first-order valence-corrected chi connectivity index (χ1v) is 11.1. The van der Waals surface area contributed by atoms with Gasteiger partial charge in [0.05, 0.1) is 4.90 Å². The van der Waals surface area contributed by atoms with E-state index in [0.29, 0.717) is 18.0 Å². The maximum atomic E-state index is 13.3. The number of sulfonamides is 1. The van der Waals surface area contributed by atoms with Gasteiger partial charge in [0.25, 0.3) is 0 Å². The highest BCUT2D eigenvalue weighted by atomic mass is 32.2. The van der Waals surface area contributed by atoms with E-state index in [2.05, 4.69) is 19.1 Å². The van der Waals surface area contributed by atoms with Crippen LogP contribution in [0.4, 0.5) is 0 Å². The maximum Gasteiger partial charge on any atom is 0.243 e. The molecule has 0 fully saturated rings. The van der Waals surface area contributed by atoms with Crippen LogP contribution < -0.4 is 0 Å². The molecule has 28 heavy (non-hydrogen) atoms. The second-order valence-electron chi connectivity index (χ2n) is 7.14. The molecule has 0 radical (unpaired) electrons. The molecule has 0 spiro atoms. The van der Waals surface area contributed by atoms with Crippen LogP contribution in [0.2, 0.25) is 0 Å². The lowest BCUT2D eigenvalue weighted by molar-refractivity contribution is 0.401. The van der Waals surface area contributed by atoms with E-state index in [0.717, 1.165) is 29.5 Å². The molecule has 0 aliphatic carbocycles. The minimum atomic E-state index is -3.60. The maximum absolute atomic E-state index is 13.3. The zero-order valence-electron chi connectivity index (χ0n) is 16.5. The van der Waals surface area contributed by atoms with Gasteiger partial charge in [0.15, 0.2) is 0 Å². The van der Waals surface area contributed by atoms with Crippen molar-refractivity contribution in [3.63, 3.8) is 0 Å². The molecule has 0 saturated carbocycles. The predicted molar refractivity (Wildman–Crippen MR) is 114 cm³/mol. The van der Waals surface area contributed by atoms with Crippen LogP contribution >= 0.6 is 0 Å². The van der Waals surface area contributed by atoms with Crippen molar-refractivity contribution in [1.29, 1.82) is 0 Å². The summed E-state index contributed by atoms with van der Waals surface area (Å²) in [6.07, 6.45) is 2.14. The summed E-state index contributed by atoms with van der Waals surface area (Å²) in [5, 5.41) is 0. The van der Waals surface area contributed by atoms with Gasteiger partial charge in [0.2, 0.25) is 10.0 Å². The van der Waals surface area contributed by atoms with Crippen molar-refractivity contribution in [2.75, 3.05) is 0 Å². The molecular formula is C24H27NO2S. The monoisotopic (exact) mass is 393 g/mol. The van der Waals surface area contributed by atoms with Crippen LogP contribution in [0.3, 0.4) is 0 Å². The second kappa shape index (κ2) is 9.18. The van der Waals surface area contributed by atoms with E-state index in [1.54, 1.807) is 16.4 Å². The minimum absolute atomic E-state index is 0.330. The van der Waals surface area contributed by atoms with Crippen LogP contribution in [0, 0.1) is 6.92 Å². The van der Waals surface area contributed by atoms with Crippen LogP contribution in [-0.4, -0.2) is 12.7 Å². The summed E-state index contributed by atoms with van der Waals surface area (Å²) < 4.78 is 28.3. The number of benzene rings is 3. The van der Waals surface area contributed by atoms with Crippen LogP contribution in [0.1, 0.15) is 35.6 Å². The molecule has 4 heteroatoms. The van der Waals surface area contributed by atoms with Crippen molar-refractivity contribution < 1.29 is 8.42 Å². The van der Waals surface area contributed by atoms with Crippen molar-refractivity contribution in [3.8, 4) is 0 Å². The van der Waals surface area contributed by atoms with Gasteiger partial charge >= 0.3 is 0 Å². The van der Waals surface area contributed by atoms with Crippen LogP contribution in [0.15, 0.2) is 83.8 Å². The molecule has 0 aliphatic rings. The highest BCUT2D eigenvalue weighted by molar-refractivity contribution is 7.89. The molecule has 0 amide bonds. The number of rotatable bonds is 8. The molecule has 0 saturated heterocycles. The Morgan fingerprint density at radius 1 is 0.714 bits per heavy atom. The van der Waals surface area contributed by atoms with E-state index in [-0.39, 0.29) is 0 Å². The minimum Gasteiger partial charge on any atom is -0.207 e. The standard InChI is InChI=1S/C24H27NO2S/c1-3-7-21-12-14-23(15-13-21)19-25(18-22-8-5-4-6-9-22)28(26,27)24-16-10-20(2)11-17-24/h4-6,8-17H,3,7,18-19H2,1-2H3. The van der Waals surface area contributed by atoms with Crippen molar-refractivity contribution in [1.82, 2.24) is 4.31 Å². The zero-order valence-corrected chi connectivity index (χ0v) is 17.3. The van der Waals surface area contributed by atoms with E-state index >= 15 is 0 Å². The Kier molecular flexibility index (Phi) is 6.65. The van der Waals surface area contributed by atoms with Crippen LogP contribution in [0.25, 0.3) is 0 Å². The lowest BCUT2D eigenvalue weighted by Gasteiger charge is -2.23. The van der Waals surface area contributed by atoms with E-state index in [1.165, 1.54) is 5.56 Å². The van der Waals surface area contributed by atoms with Crippen LogP contribution in [0.5, 0.6) is 0 Å². The van der Waals surface area contributed by atoms with Gasteiger partial charge in [-0.05, 0) is 42.2 Å². The average Bonchev–Trinajstić information content (AvgIpc) is 2.70. The zero-order chi connectivity index (χ0) is 20.0. The van der Waals surface area contributed by atoms with Gasteiger partial charge in [-0.15, -0.1) is 0 Å². The summed E-state index contributed by atoms with van der Waals surface area (Å²) in [5.74, 6) is 0.